The number of benzene rings is 1. The van der Waals surface area contributed by atoms with E-state index in [0.29, 0.717) is 24.1 Å². The Labute approximate surface area is 125 Å². The summed E-state index contributed by atoms with van der Waals surface area (Å²) in [6, 6.07) is 2.98. The van der Waals surface area contributed by atoms with E-state index in [1.54, 1.807) is 0 Å². The van der Waals surface area contributed by atoms with Gasteiger partial charge in [-0.2, -0.15) is 0 Å². The molecule has 1 aromatic rings. The topological polar surface area (TPSA) is 40.5 Å². The first-order valence-electron chi connectivity index (χ1n) is 7.65. The Morgan fingerprint density at radius 2 is 2.10 bits per heavy atom. The zero-order valence-corrected chi connectivity index (χ0v) is 13.0. The van der Waals surface area contributed by atoms with Gasteiger partial charge in [0.25, 0.3) is 0 Å². The number of phenolic OH excluding ortho intramolecular Hbond substituents is 1. The number of carbonyl (C=O) groups is 1. The van der Waals surface area contributed by atoms with E-state index in [9.17, 15) is 14.3 Å². The first-order chi connectivity index (χ1) is 9.88. The summed E-state index contributed by atoms with van der Waals surface area (Å²) in [6.07, 6.45) is 3.40. The Hall–Kier alpha value is -1.42. The lowest BCUT2D eigenvalue weighted by Gasteiger charge is -2.24. The summed E-state index contributed by atoms with van der Waals surface area (Å²) in [7, 11) is 0. The van der Waals surface area contributed by atoms with E-state index in [-0.39, 0.29) is 17.1 Å². The Morgan fingerprint density at radius 3 is 2.62 bits per heavy atom. The lowest BCUT2D eigenvalue weighted by atomic mass is 10.0. The summed E-state index contributed by atoms with van der Waals surface area (Å²) in [6.45, 7) is 7.14. The van der Waals surface area contributed by atoms with Gasteiger partial charge in [-0.15, -0.1) is 0 Å². The summed E-state index contributed by atoms with van der Waals surface area (Å²) >= 11 is 0. The van der Waals surface area contributed by atoms with Crippen molar-refractivity contribution < 1.29 is 14.3 Å². The molecule has 4 heteroatoms. The number of phenols is 1. The highest BCUT2D eigenvalue weighted by molar-refractivity contribution is 5.97. The number of halogens is 1. The molecule has 116 valence electrons. The fourth-order valence-electron chi connectivity index (χ4n) is 2.52. The molecule has 1 aliphatic rings. The predicted molar refractivity (Wildman–Crippen MR) is 81.0 cm³/mol. The number of nitrogens with zero attached hydrogens (tertiary/aromatic N) is 1. The molecule has 2 rings (SSSR count). The lowest BCUT2D eigenvalue weighted by Crippen LogP contribution is -2.27. The average Bonchev–Trinajstić information content (AvgIpc) is 3.21. The molecule has 0 unspecified atom stereocenters. The molecule has 0 heterocycles. The monoisotopic (exact) mass is 293 g/mol. The smallest absolute Gasteiger partial charge is 0.163 e. The van der Waals surface area contributed by atoms with E-state index >= 15 is 0 Å². The number of Topliss-reactive ketones (excluding diaryl/α,β-unsaturated/α-hetero) is 1. The molecule has 0 aliphatic heterocycles. The van der Waals surface area contributed by atoms with Crippen LogP contribution in [-0.4, -0.2) is 28.4 Å². The van der Waals surface area contributed by atoms with Gasteiger partial charge in [-0.3, -0.25) is 9.69 Å². The summed E-state index contributed by atoms with van der Waals surface area (Å²) in [4.78, 5) is 13.8. The molecule has 0 radical (unpaired) electrons. The second-order valence-corrected chi connectivity index (χ2v) is 6.40. The number of ketones is 1. The van der Waals surface area contributed by atoms with Crippen LogP contribution in [0.1, 0.15) is 56.0 Å². The summed E-state index contributed by atoms with van der Waals surface area (Å²) in [5, 5.41) is 10.2. The second kappa shape index (κ2) is 6.56. The quantitative estimate of drug-likeness (QED) is 0.778. The zero-order chi connectivity index (χ0) is 15.6. The van der Waals surface area contributed by atoms with Gasteiger partial charge in [-0.05, 0) is 50.8 Å². The molecule has 21 heavy (non-hydrogen) atoms. The third kappa shape index (κ3) is 4.27. The molecule has 1 fully saturated rings. The van der Waals surface area contributed by atoms with E-state index in [1.165, 1.54) is 13.0 Å². The van der Waals surface area contributed by atoms with Crippen molar-refractivity contribution in [2.45, 2.75) is 52.6 Å². The van der Waals surface area contributed by atoms with Gasteiger partial charge in [0.1, 0.15) is 11.6 Å². The minimum Gasteiger partial charge on any atom is -0.507 e. The molecule has 1 aromatic carbocycles. The van der Waals surface area contributed by atoms with Crippen LogP contribution in [-0.2, 0) is 6.54 Å². The molecule has 0 aromatic heterocycles. The Balaban J connectivity index is 2.18. The van der Waals surface area contributed by atoms with Crippen molar-refractivity contribution >= 4 is 5.78 Å². The van der Waals surface area contributed by atoms with Crippen LogP contribution in [0.2, 0.25) is 0 Å². The van der Waals surface area contributed by atoms with E-state index in [1.807, 2.05) is 0 Å². The van der Waals surface area contributed by atoms with Gasteiger partial charge >= 0.3 is 0 Å². The lowest BCUT2D eigenvalue weighted by molar-refractivity contribution is 0.101. The number of carbonyl (C=O) groups excluding carboxylic acids is 1. The standard InChI is InChI=1S/C17H24FNO2/c1-11(2)6-7-19(15-4-5-15)10-13-8-14(18)9-16(12(3)20)17(13)21/h8-9,11,15,21H,4-7,10H2,1-3H3. The van der Waals surface area contributed by atoms with Crippen LogP contribution in [0.5, 0.6) is 5.75 Å². The first-order valence-corrected chi connectivity index (χ1v) is 7.65. The SMILES string of the molecule is CC(=O)c1cc(F)cc(CN(CCC(C)C)C2CC2)c1O. The highest BCUT2D eigenvalue weighted by atomic mass is 19.1. The van der Waals surface area contributed by atoms with Gasteiger partial charge in [-0.25, -0.2) is 4.39 Å². The van der Waals surface area contributed by atoms with Crippen molar-refractivity contribution in [2.24, 2.45) is 5.92 Å². The van der Waals surface area contributed by atoms with E-state index in [2.05, 4.69) is 18.7 Å². The highest BCUT2D eigenvalue weighted by Crippen LogP contribution is 2.32. The fourth-order valence-corrected chi connectivity index (χ4v) is 2.52. The number of hydrogen-bond donors (Lipinski definition) is 1. The maximum atomic E-state index is 13.7. The molecule has 3 nitrogen and oxygen atoms in total. The molecule has 1 N–H and O–H groups in total. The molecule has 0 spiro atoms. The molecule has 0 amide bonds. The van der Waals surface area contributed by atoms with Crippen molar-refractivity contribution in [3.8, 4) is 5.75 Å². The van der Waals surface area contributed by atoms with Crippen LogP contribution in [0.15, 0.2) is 12.1 Å². The van der Waals surface area contributed by atoms with Crippen LogP contribution < -0.4 is 0 Å². The van der Waals surface area contributed by atoms with Crippen LogP contribution >= 0.6 is 0 Å². The van der Waals surface area contributed by atoms with Crippen LogP contribution in [0, 0.1) is 11.7 Å². The minimum atomic E-state index is -0.465. The minimum absolute atomic E-state index is 0.0703. The number of aromatic hydroxyl groups is 1. The molecule has 0 atom stereocenters. The third-order valence-corrected chi connectivity index (χ3v) is 3.96. The zero-order valence-electron chi connectivity index (χ0n) is 13.0. The van der Waals surface area contributed by atoms with Gasteiger partial charge in [0, 0.05) is 18.2 Å². The Kier molecular flexibility index (Phi) is 4.99. The van der Waals surface area contributed by atoms with Crippen molar-refractivity contribution in [3.63, 3.8) is 0 Å². The normalized spacial score (nSPS) is 15.0. The van der Waals surface area contributed by atoms with Crippen molar-refractivity contribution in [3.05, 3.63) is 29.1 Å². The van der Waals surface area contributed by atoms with Gasteiger partial charge in [0.15, 0.2) is 5.78 Å². The van der Waals surface area contributed by atoms with Crippen molar-refractivity contribution in [1.29, 1.82) is 0 Å². The van der Waals surface area contributed by atoms with Crippen molar-refractivity contribution in [1.82, 2.24) is 4.90 Å². The van der Waals surface area contributed by atoms with Gasteiger partial charge in [0.2, 0.25) is 0 Å². The largest absolute Gasteiger partial charge is 0.507 e. The van der Waals surface area contributed by atoms with E-state index < -0.39 is 5.82 Å². The Morgan fingerprint density at radius 1 is 1.43 bits per heavy atom. The maximum Gasteiger partial charge on any atom is 0.163 e. The molecule has 0 saturated heterocycles. The molecular formula is C17H24FNO2. The summed E-state index contributed by atoms with van der Waals surface area (Å²) in [5.74, 6) is -0.236. The summed E-state index contributed by atoms with van der Waals surface area (Å²) < 4.78 is 13.7. The van der Waals surface area contributed by atoms with Gasteiger partial charge < -0.3 is 5.11 Å². The van der Waals surface area contributed by atoms with Crippen molar-refractivity contribution in [2.75, 3.05) is 6.54 Å². The summed E-state index contributed by atoms with van der Waals surface area (Å²) in [5.41, 5.74) is 0.584. The Bertz CT molecular complexity index is 524. The van der Waals surface area contributed by atoms with E-state index in [0.717, 1.165) is 31.9 Å². The van der Waals surface area contributed by atoms with Crippen LogP contribution in [0.4, 0.5) is 4.39 Å². The van der Waals surface area contributed by atoms with Gasteiger partial charge in [0.05, 0.1) is 5.56 Å². The molecular weight excluding hydrogens is 269 g/mol. The predicted octanol–water partition coefficient (Wildman–Crippen LogP) is 3.74. The maximum absolute atomic E-state index is 13.7. The van der Waals surface area contributed by atoms with E-state index in [4.69, 9.17) is 0 Å². The highest BCUT2D eigenvalue weighted by Gasteiger charge is 2.29. The van der Waals surface area contributed by atoms with Gasteiger partial charge in [-0.1, -0.05) is 13.8 Å². The number of rotatable bonds is 7. The first kappa shape index (κ1) is 16.0. The molecule has 0 bridgehead atoms. The fraction of sp³-hybridized carbons (Fsp3) is 0.588. The van der Waals surface area contributed by atoms with Crippen LogP contribution in [0.25, 0.3) is 0 Å². The number of hydrogen-bond acceptors (Lipinski definition) is 3. The third-order valence-electron chi connectivity index (χ3n) is 3.96. The molecule has 1 saturated carbocycles. The molecule has 1 aliphatic carbocycles. The van der Waals surface area contributed by atoms with Crippen LogP contribution in [0.3, 0.4) is 0 Å². The second-order valence-electron chi connectivity index (χ2n) is 6.40. The average molecular weight is 293 g/mol.